The van der Waals surface area contributed by atoms with Crippen molar-refractivity contribution in [3.05, 3.63) is 71.9 Å². The summed E-state index contributed by atoms with van der Waals surface area (Å²) in [7, 11) is 2.18. The van der Waals surface area contributed by atoms with Crippen LogP contribution in [0.25, 0.3) is 0 Å². The summed E-state index contributed by atoms with van der Waals surface area (Å²) in [5, 5.41) is 4.36. The van der Waals surface area contributed by atoms with Crippen LogP contribution in [0.4, 0.5) is 36.3 Å². The van der Waals surface area contributed by atoms with Crippen molar-refractivity contribution in [2.45, 2.75) is 37.5 Å². The molecule has 0 spiro atoms. The quantitative estimate of drug-likeness (QED) is 0.429. The summed E-state index contributed by atoms with van der Waals surface area (Å²) in [5.41, 5.74) is 1.78. The van der Waals surface area contributed by atoms with Gasteiger partial charge < -0.3 is 15.1 Å². The number of likely N-dealkylation sites (N-methyl/N-ethyl adjacent to an activating group) is 1. The zero-order chi connectivity index (χ0) is 28.4. The number of piperidine rings is 1. The number of hydrogen-bond acceptors (Lipinski definition) is 8. The third-order valence-corrected chi connectivity index (χ3v) is 8.38. The largest absolute Gasteiger partial charge is 0.421 e. The van der Waals surface area contributed by atoms with E-state index < -0.39 is 11.7 Å². The summed E-state index contributed by atoms with van der Waals surface area (Å²) >= 11 is 0. The van der Waals surface area contributed by atoms with E-state index in [2.05, 4.69) is 37.0 Å². The van der Waals surface area contributed by atoms with Crippen LogP contribution < -0.4 is 15.3 Å². The van der Waals surface area contributed by atoms with Crippen LogP contribution >= 0.6 is 0 Å². The first-order valence-corrected chi connectivity index (χ1v) is 14.3. The first-order valence-electron chi connectivity index (χ1n) is 14.3. The second-order valence-corrected chi connectivity index (χ2v) is 11.0. The standard InChI is InChI=1S/C30H36F3N7O/c1-37-16-18-39(19-17-37)25-11-14-38(15-12-25)24-9-7-23(8-10-24)35-29-34-21-26(30(31,32)33)28(36-29)40-27(13-20-41-40)22-5-3-2-4-6-22/h2-10,21,25,27H,11-20H2,1H3,(H,34,35,36)/t27-/m0/s1. The minimum Gasteiger partial charge on any atom is -0.371 e. The van der Waals surface area contributed by atoms with E-state index >= 15 is 0 Å². The topological polar surface area (TPSA) is 60.0 Å². The van der Waals surface area contributed by atoms with Gasteiger partial charge in [-0.05, 0) is 49.7 Å². The fraction of sp³-hybridized carbons (Fsp3) is 0.467. The van der Waals surface area contributed by atoms with E-state index in [-0.39, 0.29) is 17.8 Å². The monoisotopic (exact) mass is 567 g/mol. The highest BCUT2D eigenvalue weighted by Gasteiger charge is 2.40. The second kappa shape index (κ2) is 11.8. The van der Waals surface area contributed by atoms with E-state index in [4.69, 9.17) is 4.84 Å². The molecule has 3 aliphatic heterocycles. The van der Waals surface area contributed by atoms with Gasteiger partial charge in [0.1, 0.15) is 5.56 Å². The van der Waals surface area contributed by atoms with Crippen molar-refractivity contribution in [1.82, 2.24) is 19.8 Å². The molecule has 1 N–H and O–H groups in total. The number of rotatable bonds is 6. The highest BCUT2D eigenvalue weighted by molar-refractivity contribution is 5.61. The van der Waals surface area contributed by atoms with Gasteiger partial charge in [0, 0.05) is 69.3 Å². The van der Waals surface area contributed by atoms with E-state index in [0.29, 0.717) is 24.8 Å². The molecule has 4 heterocycles. The van der Waals surface area contributed by atoms with Crippen LogP contribution in [0.3, 0.4) is 0 Å². The Balaban J connectivity index is 1.14. The number of anilines is 4. The third-order valence-electron chi connectivity index (χ3n) is 8.38. The van der Waals surface area contributed by atoms with Crippen LogP contribution in [0.15, 0.2) is 60.8 Å². The van der Waals surface area contributed by atoms with E-state index in [1.165, 1.54) is 5.06 Å². The van der Waals surface area contributed by atoms with Crippen molar-refractivity contribution in [3.8, 4) is 0 Å². The number of aromatic nitrogens is 2. The van der Waals surface area contributed by atoms with Crippen molar-refractivity contribution in [2.24, 2.45) is 0 Å². The first kappa shape index (κ1) is 27.7. The van der Waals surface area contributed by atoms with Gasteiger partial charge in [-0.1, -0.05) is 30.3 Å². The Kier molecular flexibility index (Phi) is 8.01. The second-order valence-electron chi connectivity index (χ2n) is 11.0. The SMILES string of the molecule is CN1CCN(C2CCN(c3ccc(Nc4ncc(C(F)(F)F)c(N5OCC[C@H]5c5ccccc5)n4)cc3)CC2)CC1. The van der Waals surface area contributed by atoms with Crippen molar-refractivity contribution < 1.29 is 18.0 Å². The number of benzene rings is 2. The maximum absolute atomic E-state index is 14.0. The molecular formula is C30H36F3N7O. The Morgan fingerprint density at radius 2 is 1.59 bits per heavy atom. The van der Waals surface area contributed by atoms with E-state index in [9.17, 15) is 13.2 Å². The van der Waals surface area contributed by atoms with Crippen LogP contribution in [0.2, 0.25) is 0 Å². The molecule has 218 valence electrons. The highest BCUT2D eigenvalue weighted by Crippen LogP contribution is 2.41. The molecule has 0 aliphatic carbocycles. The molecule has 2 aromatic carbocycles. The van der Waals surface area contributed by atoms with Gasteiger partial charge in [0.15, 0.2) is 5.82 Å². The average Bonchev–Trinajstić information content (AvgIpc) is 3.48. The zero-order valence-corrected chi connectivity index (χ0v) is 23.2. The van der Waals surface area contributed by atoms with Crippen LogP contribution in [0.5, 0.6) is 0 Å². The predicted molar refractivity (Wildman–Crippen MR) is 153 cm³/mol. The first-order chi connectivity index (χ1) is 19.8. The van der Waals surface area contributed by atoms with Gasteiger partial charge in [-0.3, -0.25) is 9.74 Å². The molecule has 3 fully saturated rings. The number of alkyl halides is 3. The predicted octanol–water partition coefficient (Wildman–Crippen LogP) is 5.34. The number of halogens is 3. The molecule has 0 radical (unpaired) electrons. The molecule has 3 saturated heterocycles. The molecule has 11 heteroatoms. The molecular weight excluding hydrogens is 531 g/mol. The minimum atomic E-state index is -4.62. The van der Waals surface area contributed by atoms with E-state index in [1.807, 2.05) is 54.6 Å². The number of hydrogen-bond donors (Lipinski definition) is 1. The lowest BCUT2D eigenvalue weighted by atomic mass is 10.0. The molecule has 0 saturated carbocycles. The van der Waals surface area contributed by atoms with Crippen molar-refractivity contribution in [1.29, 1.82) is 0 Å². The van der Waals surface area contributed by atoms with E-state index in [1.54, 1.807) is 0 Å². The Morgan fingerprint density at radius 3 is 2.27 bits per heavy atom. The fourth-order valence-electron chi connectivity index (χ4n) is 6.02. The number of nitrogens with zero attached hydrogens (tertiary/aromatic N) is 6. The maximum Gasteiger partial charge on any atom is 0.421 e. The zero-order valence-electron chi connectivity index (χ0n) is 23.2. The van der Waals surface area contributed by atoms with E-state index in [0.717, 1.165) is 69.6 Å². The molecule has 0 bridgehead atoms. The maximum atomic E-state index is 14.0. The van der Waals surface area contributed by atoms with Crippen molar-refractivity contribution >= 4 is 23.1 Å². The average molecular weight is 568 g/mol. The minimum absolute atomic E-state index is 0.0797. The summed E-state index contributed by atoms with van der Waals surface area (Å²) in [4.78, 5) is 21.4. The number of piperazine rings is 1. The summed E-state index contributed by atoms with van der Waals surface area (Å²) in [6.45, 7) is 6.88. The Morgan fingerprint density at radius 1 is 0.878 bits per heavy atom. The van der Waals surface area contributed by atoms with Crippen LogP contribution in [-0.2, 0) is 11.0 Å². The summed E-state index contributed by atoms with van der Waals surface area (Å²) in [6, 6.07) is 17.6. The number of hydroxylamine groups is 1. The Labute approximate surface area is 238 Å². The van der Waals surface area contributed by atoms with Gasteiger partial charge in [-0.25, -0.2) is 10.0 Å². The molecule has 41 heavy (non-hydrogen) atoms. The van der Waals surface area contributed by atoms with Crippen molar-refractivity contribution in [3.63, 3.8) is 0 Å². The fourth-order valence-corrected chi connectivity index (χ4v) is 6.02. The molecule has 1 atom stereocenters. The Hall–Kier alpha value is -3.41. The molecule has 8 nitrogen and oxygen atoms in total. The third kappa shape index (κ3) is 6.27. The van der Waals surface area contributed by atoms with Gasteiger partial charge in [-0.2, -0.15) is 18.2 Å². The van der Waals surface area contributed by atoms with Gasteiger partial charge >= 0.3 is 6.18 Å². The highest BCUT2D eigenvalue weighted by atomic mass is 19.4. The number of nitrogens with one attached hydrogen (secondary N) is 1. The summed E-state index contributed by atoms with van der Waals surface area (Å²) in [5.74, 6) is -0.211. The molecule has 3 aromatic rings. The van der Waals surface area contributed by atoms with Crippen molar-refractivity contribution in [2.75, 3.05) is 68.2 Å². The molecule has 0 unspecified atom stereocenters. The van der Waals surface area contributed by atoms with Gasteiger partial charge in [0.05, 0.1) is 12.6 Å². The van der Waals surface area contributed by atoms with Gasteiger partial charge in [-0.15, -0.1) is 0 Å². The van der Waals surface area contributed by atoms with Crippen LogP contribution in [0, 0.1) is 0 Å². The normalized spacial score (nSPS) is 21.4. The molecule has 6 rings (SSSR count). The lowest BCUT2D eigenvalue weighted by molar-refractivity contribution is -0.138. The molecule has 3 aliphatic rings. The van der Waals surface area contributed by atoms with Crippen LogP contribution in [0.1, 0.15) is 36.4 Å². The lowest BCUT2D eigenvalue weighted by Crippen LogP contribution is -2.52. The molecule has 1 aromatic heterocycles. The van der Waals surface area contributed by atoms with Gasteiger partial charge in [0.25, 0.3) is 0 Å². The lowest BCUT2D eigenvalue weighted by Gasteiger charge is -2.42. The molecule has 0 amide bonds. The Bertz CT molecular complexity index is 1290. The summed E-state index contributed by atoms with van der Waals surface area (Å²) < 4.78 is 41.9. The van der Waals surface area contributed by atoms with Gasteiger partial charge in [0.2, 0.25) is 5.95 Å². The smallest absolute Gasteiger partial charge is 0.371 e. The summed E-state index contributed by atoms with van der Waals surface area (Å²) in [6.07, 6.45) is -0.946. The van der Waals surface area contributed by atoms with Crippen LogP contribution in [-0.4, -0.2) is 78.7 Å².